The molecule has 1 aromatic rings. The second-order valence-corrected chi connectivity index (χ2v) is 3.39. The van der Waals surface area contributed by atoms with Crippen molar-refractivity contribution in [1.29, 1.82) is 0 Å². The van der Waals surface area contributed by atoms with Gasteiger partial charge in [-0.2, -0.15) is 0 Å². The largest absolute Gasteiger partial charge is 0.317 e. The molecular weight excluding hydrogens is 208 g/mol. The smallest absolute Gasteiger partial charge is 0.285 e. The molecule has 1 aliphatic rings. The van der Waals surface area contributed by atoms with Gasteiger partial charge in [0.1, 0.15) is 0 Å². The summed E-state index contributed by atoms with van der Waals surface area (Å²) >= 11 is 0. The molecule has 0 saturated heterocycles. The molecule has 0 atom stereocenters. The predicted octanol–water partition coefficient (Wildman–Crippen LogP) is 0.434. The number of amides is 2. The zero-order chi connectivity index (χ0) is 11.5. The topological polar surface area (TPSA) is 58.6 Å². The lowest BCUT2D eigenvalue weighted by Gasteiger charge is -2.12. The second kappa shape index (κ2) is 4.42. The molecule has 84 valence electrons. The summed E-state index contributed by atoms with van der Waals surface area (Å²) in [7, 11) is 1.77. The van der Waals surface area contributed by atoms with Crippen LogP contribution in [0.5, 0.6) is 0 Å². The second-order valence-electron chi connectivity index (χ2n) is 3.39. The highest BCUT2D eigenvalue weighted by atomic mass is 16.7. The summed E-state index contributed by atoms with van der Waals surface area (Å²) in [5.41, 5.74) is 0.800. The number of carbonyl (C=O) groups is 2. The molecule has 0 saturated carbocycles. The van der Waals surface area contributed by atoms with Gasteiger partial charge in [-0.1, -0.05) is 12.1 Å². The summed E-state index contributed by atoms with van der Waals surface area (Å²) in [5.74, 6) is -0.784. The number of nitrogens with zero attached hydrogens (tertiary/aromatic N) is 1. The molecule has 0 spiro atoms. The van der Waals surface area contributed by atoms with E-state index in [2.05, 4.69) is 5.32 Å². The van der Waals surface area contributed by atoms with E-state index in [1.165, 1.54) is 0 Å². The van der Waals surface area contributed by atoms with E-state index in [-0.39, 0.29) is 6.61 Å². The molecule has 0 aliphatic carbocycles. The van der Waals surface area contributed by atoms with Gasteiger partial charge in [0.15, 0.2) is 0 Å². The Bertz CT molecular complexity index is 396. The number of hydroxylamine groups is 2. The molecule has 0 bridgehead atoms. The predicted molar refractivity (Wildman–Crippen MR) is 56.8 cm³/mol. The Kier molecular flexibility index (Phi) is 2.98. The molecule has 0 aromatic heterocycles. The van der Waals surface area contributed by atoms with Crippen LogP contribution in [0, 0.1) is 0 Å². The van der Waals surface area contributed by atoms with Crippen molar-refractivity contribution in [3.63, 3.8) is 0 Å². The molecule has 0 fully saturated rings. The number of benzene rings is 1. The first kappa shape index (κ1) is 10.8. The fourth-order valence-corrected chi connectivity index (χ4v) is 1.52. The van der Waals surface area contributed by atoms with Crippen LogP contribution < -0.4 is 5.32 Å². The third kappa shape index (κ3) is 1.70. The summed E-state index contributed by atoms with van der Waals surface area (Å²) in [6.45, 7) is 0.857. The highest BCUT2D eigenvalue weighted by molar-refractivity contribution is 6.20. The Labute approximate surface area is 93.0 Å². The Morgan fingerprint density at radius 2 is 1.75 bits per heavy atom. The summed E-state index contributed by atoms with van der Waals surface area (Å²) in [6.07, 6.45) is 0. The molecule has 1 aromatic carbocycles. The maximum atomic E-state index is 11.8. The van der Waals surface area contributed by atoms with E-state index < -0.39 is 11.8 Å². The summed E-state index contributed by atoms with van der Waals surface area (Å²) in [5, 5.41) is 3.69. The van der Waals surface area contributed by atoms with Gasteiger partial charge in [-0.25, -0.2) is 0 Å². The van der Waals surface area contributed by atoms with Crippen molar-refractivity contribution >= 4 is 11.8 Å². The van der Waals surface area contributed by atoms with Crippen LogP contribution in [0.15, 0.2) is 24.3 Å². The van der Waals surface area contributed by atoms with Crippen molar-refractivity contribution in [3.8, 4) is 0 Å². The average Bonchev–Trinajstić information content (AvgIpc) is 2.55. The number of hydrogen-bond donors (Lipinski definition) is 1. The lowest BCUT2D eigenvalue weighted by Crippen LogP contribution is -2.32. The lowest BCUT2D eigenvalue weighted by molar-refractivity contribution is -0.0894. The highest BCUT2D eigenvalue weighted by Crippen LogP contribution is 2.22. The lowest BCUT2D eigenvalue weighted by atomic mass is 10.1. The summed E-state index contributed by atoms with van der Waals surface area (Å²) in [6, 6.07) is 6.69. The molecule has 0 radical (unpaired) electrons. The van der Waals surface area contributed by atoms with Gasteiger partial charge < -0.3 is 5.32 Å². The molecule has 1 heterocycles. The van der Waals surface area contributed by atoms with Crippen LogP contribution in [0.3, 0.4) is 0 Å². The molecule has 16 heavy (non-hydrogen) atoms. The maximum Gasteiger partial charge on any atom is 0.285 e. The first-order valence-corrected chi connectivity index (χ1v) is 5.01. The zero-order valence-corrected chi connectivity index (χ0v) is 8.90. The standard InChI is InChI=1S/C11H12N2O3/c1-12-6-7-16-13-10(14)8-4-2-3-5-9(8)11(13)15/h2-5,12H,6-7H2,1H3. The monoisotopic (exact) mass is 220 g/mol. The van der Waals surface area contributed by atoms with Gasteiger partial charge in [0, 0.05) is 6.54 Å². The van der Waals surface area contributed by atoms with Crippen LogP contribution in [0.2, 0.25) is 0 Å². The SMILES string of the molecule is CNCCON1C(=O)c2ccccc2C1=O. The number of fused-ring (bicyclic) bond motifs is 1. The van der Waals surface area contributed by atoms with Crippen molar-refractivity contribution in [2.24, 2.45) is 0 Å². The van der Waals surface area contributed by atoms with Crippen molar-refractivity contribution in [1.82, 2.24) is 10.4 Å². The van der Waals surface area contributed by atoms with Crippen LogP contribution >= 0.6 is 0 Å². The number of rotatable bonds is 4. The van der Waals surface area contributed by atoms with Gasteiger partial charge in [-0.05, 0) is 19.2 Å². The van der Waals surface area contributed by atoms with E-state index >= 15 is 0 Å². The fourth-order valence-electron chi connectivity index (χ4n) is 1.52. The average molecular weight is 220 g/mol. The molecule has 0 unspecified atom stereocenters. The van der Waals surface area contributed by atoms with E-state index in [9.17, 15) is 9.59 Å². The Balaban J connectivity index is 2.15. The Morgan fingerprint density at radius 1 is 1.19 bits per heavy atom. The van der Waals surface area contributed by atoms with E-state index in [1.54, 1.807) is 31.3 Å². The minimum atomic E-state index is -0.392. The molecule has 1 N–H and O–H groups in total. The van der Waals surface area contributed by atoms with E-state index in [4.69, 9.17) is 4.84 Å². The highest BCUT2D eigenvalue weighted by Gasteiger charge is 2.36. The minimum Gasteiger partial charge on any atom is -0.317 e. The minimum absolute atomic E-state index is 0.280. The van der Waals surface area contributed by atoms with Gasteiger partial charge >= 0.3 is 0 Å². The number of carbonyl (C=O) groups excluding carboxylic acids is 2. The molecule has 5 nitrogen and oxygen atoms in total. The quantitative estimate of drug-likeness (QED) is 0.590. The number of likely N-dealkylation sites (N-methyl/N-ethyl adjacent to an activating group) is 1. The van der Waals surface area contributed by atoms with E-state index in [0.717, 1.165) is 5.06 Å². The van der Waals surface area contributed by atoms with Gasteiger partial charge in [-0.3, -0.25) is 14.4 Å². The molecule has 2 amide bonds. The van der Waals surface area contributed by atoms with E-state index in [0.29, 0.717) is 17.7 Å². The van der Waals surface area contributed by atoms with Crippen LogP contribution in [-0.2, 0) is 4.84 Å². The van der Waals surface area contributed by atoms with Crippen molar-refractivity contribution in [2.75, 3.05) is 20.2 Å². The third-order valence-electron chi connectivity index (χ3n) is 2.33. The first-order chi connectivity index (χ1) is 7.75. The van der Waals surface area contributed by atoms with Gasteiger partial charge in [-0.15, -0.1) is 5.06 Å². The van der Waals surface area contributed by atoms with Crippen molar-refractivity contribution < 1.29 is 14.4 Å². The zero-order valence-electron chi connectivity index (χ0n) is 8.90. The molecular formula is C11H12N2O3. The normalized spacial score (nSPS) is 14.4. The number of imide groups is 1. The van der Waals surface area contributed by atoms with Gasteiger partial charge in [0.05, 0.1) is 17.7 Å². The summed E-state index contributed by atoms with van der Waals surface area (Å²) in [4.78, 5) is 28.6. The maximum absolute atomic E-state index is 11.8. The fraction of sp³-hybridized carbons (Fsp3) is 0.273. The summed E-state index contributed by atoms with van der Waals surface area (Å²) < 4.78 is 0. The van der Waals surface area contributed by atoms with Crippen LogP contribution in [0.25, 0.3) is 0 Å². The Morgan fingerprint density at radius 3 is 2.25 bits per heavy atom. The Hall–Kier alpha value is -1.72. The van der Waals surface area contributed by atoms with Crippen LogP contribution in [0.1, 0.15) is 20.7 Å². The van der Waals surface area contributed by atoms with Crippen LogP contribution in [0.4, 0.5) is 0 Å². The molecule has 2 rings (SSSR count). The molecule has 1 aliphatic heterocycles. The number of nitrogens with one attached hydrogen (secondary N) is 1. The van der Waals surface area contributed by atoms with Crippen LogP contribution in [-0.4, -0.2) is 37.1 Å². The van der Waals surface area contributed by atoms with Gasteiger partial charge in [0.2, 0.25) is 0 Å². The van der Waals surface area contributed by atoms with Crippen molar-refractivity contribution in [2.45, 2.75) is 0 Å². The molecule has 5 heteroatoms. The third-order valence-corrected chi connectivity index (χ3v) is 2.33. The number of hydrogen-bond acceptors (Lipinski definition) is 4. The van der Waals surface area contributed by atoms with Crippen molar-refractivity contribution in [3.05, 3.63) is 35.4 Å². The first-order valence-electron chi connectivity index (χ1n) is 5.01. The van der Waals surface area contributed by atoms with E-state index in [1.807, 2.05) is 0 Å². The van der Waals surface area contributed by atoms with Gasteiger partial charge in [0.25, 0.3) is 11.8 Å².